The second-order valence-electron chi connectivity index (χ2n) is 6.13. The average molecular weight is 341 g/mol. The molecule has 1 fully saturated rings. The minimum atomic E-state index is -3.85. The van der Waals surface area contributed by atoms with Gasteiger partial charge in [-0.2, -0.15) is 4.31 Å². The van der Waals surface area contributed by atoms with Crippen LogP contribution in [-0.4, -0.2) is 43.5 Å². The summed E-state index contributed by atoms with van der Waals surface area (Å²) in [6, 6.07) is 2.34. The van der Waals surface area contributed by atoms with E-state index in [4.69, 9.17) is 4.74 Å². The van der Waals surface area contributed by atoms with Crippen LogP contribution in [0, 0.1) is 6.92 Å². The number of rotatable bonds is 5. The van der Waals surface area contributed by atoms with E-state index in [1.165, 1.54) is 0 Å². The number of aliphatic carboxylic acids is 1. The maximum Gasteiger partial charge on any atom is 0.322 e. The summed E-state index contributed by atoms with van der Waals surface area (Å²) in [4.78, 5) is 11.5. The maximum atomic E-state index is 13.0. The summed E-state index contributed by atoms with van der Waals surface area (Å²) in [6.45, 7) is 5.85. The maximum absolute atomic E-state index is 13.0. The van der Waals surface area contributed by atoms with Crippen LogP contribution in [0.4, 0.5) is 0 Å². The zero-order valence-electron chi connectivity index (χ0n) is 13.9. The smallest absolute Gasteiger partial charge is 0.322 e. The zero-order valence-corrected chi connectivity index (χ0v) is 14.7. The third kappa shape index (κ3) is 3.21. The van der Waals surface area contributed by atoms with Crippen molar-refractivity contribution < 1.29 is 23.1 Å². The van der Waals surface area contributed by atoms with E-state index in [-0.39, 0.29) is 17.4 Å². The highest BCUT2D eigenvalue weighted by molar-refractivity contribution is 7.89. The molecular formula is C16H23NO5S. The second kappa shape index (κ2) is 6.49. The molecule has 23 heavy (non-hydrogen) atoms. The minimum Gasteiger partial charge on any atom is -0.496 e. The molecule has 0 spiro atoms. The standard InChI is InChI=1S/C16H23NO5S/c1-10(2)12-9-15(11(3)8-14(12)22-4)23(20,21)17-7-5-6-13(17)16(18)19/h8-10,13H,5-7H2,1-4H3,(H,18,19)/t13-/m1/s1. The van der Waals surface area contributed by atoms with Gasteiger partial charge in [0.1, 0.15) is 11.8 Å². The fourth-order valence-corrected chi connectivity index (χ4v) is 4.88. The molecule has 0 amide bonds. The fraction of sp³-hybridized carbons (Fsp3) is 0.562. The average Bonchev–Trinajstić information content (AvgIpc) is 2.96. The van der Waals surface area contributed by atoms with Gasteiger partial charge in [-0.05, 0) is 48.9 Å². The largest absolute Gasteiger partial charge is 0.496 e. The molecule has 1 N–H and O–H groups in total. The van der Waals surface area contributed by atoms with Crippen LogP contribution in [0.2, 0.25) is 0 Å². The number of carbonyl (C=O) groups is 1. The van der Waals surface area contributed by atoms with Crippen molar-refractivity contribution in [1.29, 1.82) is 0 Å². The first-order chi connectivity index (χ1) is 10.7. The summed E-state index contributed by atoms with van der Waals surface area (Å²) in [5.74, 6) is -0.359. The number of carboxylic acids is 1. The van der Waals surface area contributed by atoms with Gasteiger partial charge in [0.05, 0.1) is 12.0 Å². The minimum absolute atomic E-state index is 0.0911. The number of methoxy groups -OCH3 is 1. The molecule has 0 aromatic heterocycles. The lowest BCUT2D eigenvalue weighted by Gasteiger charge is -2.23. The molecule has 6 nitrogen and oxygen atoms in total. The molecule has 0 unspecified atom stereocenters. The lowest BCUT2D eigenvalue weighted by Crippen LogP contribution is -2.40. The molecule has 7 heteroatoms. The Hall–Kier alpha value is -1.60. The van der Waals surface area contributed by atoms with Crippen molar-refractivity contribution in [1.82, 2.24) is 4.31 Å². The predicted octanol–water partition coefficient (Wildman–Crippen LogP) is 2.36. The summed E-state index contributed by atoms with van der Waals surface area (Å²) < 4.78 is 32.4. The van der Waals surface area contributed by atoms with E-state index in [1.54, 1.807) is 26.2 Å². The number of ether oxygens (including phenoxy) is 1. The number of sulfonamides is 1. The molecular weight excluding hydrogens is 318 g/mol. The van der Waals surface area contributed by atoms with Crippen LogP contribution in [0.3, 0.4) is 0 Å². The lowest BCUT2D eigenvalue weighted by molar-refractivity contribution is -0.140. The van der Waals surface area contributed by atoms with Crippen molar-refractivity contribution in [3.8, 4) is 5.75 Å². The van der Waals surface area contributed by atoms with Gasteiger partial charge in [-0.15, -0.1) is 0 Å². The van der Waals surface area contributed by atoms with E-state index >= 15 is 0 Å². The molecule has 1 heterocycles. The van der Waals surface area contributed by atoms with Crippen molar-refractivity contribution in [2.24, 2.45) is 0 Å². The highest BCUT2D eigenvalue weighted by Gasteiger charge is 2.40. The molecule has 0 saturated carbocycles. The van der Waals surface area contributed by atoms with E-state index in [0.717, 1.165) is 9.87 Å². The van der Waals surface area contributed by atoms with Crippen LogP contribution >= 0.6 is 0 Å². The molecule has 0 aliphatic carbocycles. The van der Waals surface area contributed by atoms with Crippen molar-refractivity contribution in [3.05, 3.63) is 23.3 Å². The van der Waals surface area contributed by atoms with E-state index in [9.17, 15) is 18.3 Å². The van der Waals surface area contributed by atoms with Crippen molar-refractivity contribution in [2.45, 2.75) is 50.5 Å². The van der Waals surface area contributed by atoms with E-state index < -0.39 is 22.0 Å². The van der Waals surface area contributed by atoms with E-state index in [1.807, 2.05) is 13.8 Å². The molecule has 1 saturated heterocycles. The number of aryl methyl sites for hydroxylation is 1. The molecule has 1 aromatic rings. The predicted molar refractivity (Wildman–Crippen MR) is 86.4 cm³/mol. The van der Waals surface area contributed by atoms with Gasteiger partial charge in [0.25, 0.3) is 0 Å². The van der Waals surface area contributed by atoms with Crippen LogP contribution in [0.15, 0.2) is 17.0 Å². The van der Waals surface area contributed by atoms with Crippen LogP contribution in [0.1, 0.15) is 43.7 Å². The van der Waals surface area contributed by atoms with Gasteiger partial charge >= 0.3 is 5.97 Å². The molecule has 128 valence electrons. The third-order valence-corrected chi connectivity index (χ3v) is 6.27. The number of carboxylic acid groups (broad SMARTS) is 1. The van der Waals surface area contributed by atoms with E-state index in [0.29, 0.717) is 24.2 Å². The molecule has 2 rings (SSSR count). The first-order valence-electron chi connectivity index (χ1n) is 7.63. The van der Waals surface area contributed by atoms with Crippen molar-refractivity contribution in [3.63, 3.8) is 0 Å². The Morgan fingerprint density at radius 1 is 1.39 bits per heavy atom. The van der Waals surface area contributed by atoms with E-state index in [2.05, 4.69) is 0 Å². The third-order valence-electron chi connectivity index (χ3n) is 4.22. The van der Waals surface area contributed by atoms with Gasteiger partial charge in [-0.1, -0.05) is 13.8 Å². The first kappa shape index (κ1) is 17.7. The summed E-state index contributed by atoms with van der Waals surface area (Å²) in [7, 11) is -2.30. The summed E-state index contributed by atoms with van der Waals surface area (Å²) in [6.07, 6.45) is 0.906. The Morgan fingerprint density at radius 2 is 2.04 bits per heavy atom. The molecule has 1 aliphatic rings. The lowest BCUT2D eigenvalue weighted by atomic mass is 10.0. The quantitative estimate of drug-likeness (QED) is 0.889. The molecule has 1 atom stereocenters. The Morgan fingerprint density at radius 3 is 2.57 bits per heavy atom. The first-order valence-corrected chi connectivity index (χ1v) is 9.07. The van der Waals surface area contributed by atoms with Crippen LogP contribution in [0.5, 0.6) is 5.75 Å². The molecule has 1 aliphatic heterocycles. The summed E-state index contributed by atoms with van der Waals surface area (Å²) in [5.41, 5.74) is 1.35. The van der Waals surface area contributed by atoms with Crippen molar-refractivity contribution >= 4 is 16.0 Å². The fourth-order valence-electron chi connectivity index (χ4n) is 2.98. The van der Waals surface area contributed by atoms with Gasteiger partial charge in [-0.25, -0.2) is 8.42 Å². The normalized spacial score (nSPS) is 19.3. The van der Waals surface area contributed by atoms with Gasteiger partial charge in [0.2, 0.25) is 10.0 Å². The van der Waals surface area contributed by atoms with Gasteiger partial charge < -0.3 is 9.84 Å². The Labute approximate surface area is 137 Å². The van der Waals surface area contributed by atoms with Crippen LogP contribution in [0.25, 0.3) is 0 Å². The number of hydrogen-bond donors (Lipinski definition) is 1. The highest BCUT2D eigenvalue weighted by Crippen LogP contribution is 2.34. The Balaban J connectivity index is 2.56. The monoisotopic (exact) mass is 341 g/mol. The Bertz CT molecular complexity index is 711. The number of benzene rings is 1. The number of nitrogens with zero attached hydrogens (tertiary/aromatic N) is 1. The number of hydrogen-bond acceptors (Lipinski definition) is 4. The van der Waals surface area contributed by atoms with Crippen LogP contribution < -0.4 is 4.74 Å². The highest BCUT2D eigenvalue weighted by atomic mass is 32.2. The topological polar surface area (TPSA) is 83.9 Å². The summed E-state index contributed by atoms with van der Waals surface area (Å²) in [5, 5.41) is 9.26. The van der Waals surface area contributed by atoms with Gasteiger partial charge in [-0.3, -0.25) is 4.79 Å². The molecule has 0 bridgehead atoms. The van der Waals surface area contributed by atoms with Crippen molar-refractivity contribution in [2.75, 3.05) is 13.7 Å². The SMILES string of the molecule is COc1cc(C)c(S(=O)(=O)N2CCC[C@@H]2C(=O)O)cc1C(C)C. The van der Waals surface area contributed by atoms with Gasteiger partial charge in [0.15, 0.2) is 0 Å². The van der Waals surface area contributed by atoms with Crippen LogP contribution in [-0.2, 0) is 14.8 Å². The zero-order chi connectivity index (χ0) is 17.4. The molecule has 0 radical (unpaired) electrons. The summed E-state index contributed by atoms with van der Waals surface area (Å²) >= 11 is 0. The molecule has 1 aromatic carbocycles. The Kier molecular flexibility index (Phi) is 5.01. The second-order valence-corrected chi connectivity index (χ2v) is 7.99. The van der Waals surface area contributed by atoms with Gasteiger partial charge in [0, 0.05) is 6.54 Å².